The third-order valence-corrected chi connectivity index (χ3v) is 2.65. The fraction of sp³-hybridized carbons (Fsp3) is 0.692. The van der Waals surface area contributed by atoms with Crippen molar-refractivity contribution in [2.75, 3.05) is 0 Å². The van der Waals surface area contributed by atoms with Gasteiger partial charge in [-0.3, -0.25) is 9.59 Å². The minimum absolute atomic E-state index is 0.192. The molecule has 98 valence electrons. The van der Waals surface area contributed by atoms with E-state index in [1.807, 2.05) is 6.92 Å². The Hall–Kier alpha value is -1.00. The molecule has 4 heteroatoms. The van der Waals surface area contributed by atoms with Crippen LogP contribution in [0, 0.1) is 0 Å². The van der Waals surface area contributed by atoms with Gasteiger partial charge in [-0.15, -0.1) is 0 Å². The van der Waals surface area contributed by atoms with Crippen molar-refractivity contribution < 1.29 is 19.8 Å². The summed E-state index contributed by atoms with van der Waals surface area (Å²) in [7, 11) is 0. The second-order valence-corrected chi connectivity index (χ2v) is 3.98. The molecular weight excluding hydrogens is 220 g/mol. The molecule has 2 atom stereocenters. The van der Waals surface area contributed by atoms with E-state index in [1.54, 1.807) is 13.8 Å². The smallest absolute Gasteiger partial charge is 0.161 e. The summed E-state index contributed by atoms with van der Waals surface area (Å²) in [5, 5.41) is 18.9. The van der Waals surface area contributed by atoms with Gasteiger partial charge in [-0.05, 0) is 24.5 Å². The minimum atomic E-state index is -1.22. The highest BCUT2D eigenvalue weighted by Crippen LogP contribution is 2.11. The van der Waals surface area contributed by atoms with Crippen LogP contribution in [0.25, 0.3) is 0 Å². The van der Waals surface area contributed by atoms with Gasteiger partial charge in [0.1, 0.15) is 6.10 Å². The highest BCUT2D eigenvalue weighted by Gasteiger charge is 2.19. The van der Waals surface area contributed by atoms with E-state index in [1.165, 1.54) is 6.08 Å². The van der Waals surface area contributed by atoms with Gasteiger partial charge in [-0.2, -0.15) is 0 Å². The zero-order valence-corrected chi connectivity index (χ0v) is 10.8. The van der Waals surface area contributed by atoms with E-state index in [4.69, 9.17) is 0 Å². The number of carbonyl (C=O) groups excluding carboxylic acids is 2. The standard InChI is InChI=1S/C13H22O4/c1-4-9(7-10(14)5-2)12(16)8-13(17)11(15)6-3/h7,10,13-14,17H,4-6,8H2,1-3H3/b9-7+. The largest absolute Gasteiger partial charge is 0.389 e. The van der Waals surface area contributed by atoms with Crippen LogP contribution in [0.15, 0.2) is 11.6 Å². The minimum Gasteiger partial charge on any atom is -0.389 e. The first-order valence-electron chi connectivity index (χ1n) is 6.08. The fourth-order valence-corrected chi connectivity index (χ4v) is 1.41. The maximum absolute atomic E-state index is 11.8. The average Bonchev–Trinajstić information content (AvgIpc) is 2.33. The Bertz CT molecular complexity index is 294. The zero-order valence-electron chi connectivity index (χ0n) is 10.8. The molecule has 0 heterocycles. The first-order chi connectivity index (χ1) is 7.96. The van der Waals surface area contributed by atoms with Crippen molar-refractivity contribution in [1.29, 1.82) is 0 Å². The van der Waals surface area contributed by atoms with Crippen LogP contribution >= 0.6 is 0 Å². The average molecular weight is 242 g/mol. The Morgan fingerprint density at radius 3 is 2.12 bits per heavy atom. The lowest BCUT2D eigenvalue weighted by molar-refractivity contribution is -0.130. The molecule has 0 aliphatic carbocycles. The molecule has 0 amide bonds. The van der Waals surface area contributed by atoms with Crippen molar-refractivity contribution in [1.82, 2.24) is 0 Å². The van der Waals surface area contributed by atoms with Crippen molar-refractivity contribution >= 4 is 11.6 Å². The molecular formula is C13H22O4. The number of Topliss-reactive ketones (excluding diaryl/α,β-unsaturated/α-hetero) is 2. The van der Waals surface area contributed by atoms with E-state index >= 15 is 0 Å². The normalized spacial score (nSPS) is 15.5. The molecule has 0 radical (unpaired) electrons. The molecule has 0 aliphatic rings. The number of rotatable bonds is 8. The summed E-state index contributed by atoms with van der Waals surface area (Å²) in [5.74, 6) is -0.598. The Morgan fingerprint density at radius 2 is 1.71 bits per heavy atom. The number of aliphatic hydroxyl groups is 2. The monoisotopic (exact) mass is 242 g/mol. The van der Waals surface area contributed by atoms with Crippen LogP contribution in [0.5, 0.6) is 0 Å². The number of ketones is 2. The second kappa shape index (κ2) is 8.14. The quantitative estimate of drug-likeness (QED) is 0.631. The lowest BCUT2D eigenvalue weighted by Crippen LogP contribution is -2.24. The Balaban J connectivity index is 4.56. The first-order valence-corrected chi connectivity index (χ1v) is 6.08. The van der Waals surface area contributed by atoms with Gasteiger partial charge < -0.3 is 10.2 Å². The zero-order chi connectivity index (χ0) is 13.4. The summed E-state index contributed by atoms with van der Waals surface area (Å²) in [6.07, 6.45) is 0.691. The van der Waals surface area contributed by atoms with E-state index in [-0.39, 0.29) is 24.4 Å². The summed E-state index contributed by atoms with van der Waals surface area (Å²) < 4.78 is 0. The van der Waals surface area contributed by atoms with E-state index in [9.17, 15) is 19.8 Å². The molecule has 0 spiro atoms. The SMILES string of the molecule is CCC(=O)C(O)CC(=O)/C(=C/C(O)CC)CC. The van der Waals surface area contributed by atoms with Gasteiger partial charge >= 0.3 is 0 Å². The fourth-order valence-electron chi connectivity index (χ4n) is 1.41. The maximum atomic E-state index is 11.8. The van der Waals surface area contributed by atoms with Crippen molar-refractivity contribution in [2.45, 2.75) is 58.7 Å². The Morgan fingerprint density at radius 1 is 1.12 bits per heavy atom. The number of aliphatic hydroxyl groups excluding tert-OH is 2. The van der Waals surface area contributed by atoms with Crippen molar-refractivity contribution in [3.05, 3.63) is 11.6 Å². The lowest BCUT2D eigenvalue weighted by Gasteiger charge is -2.10. The third-order valence-electron chi connectivity index (χ3n) is 2.65. The van der Waals surface area contributed by atoms with Crippen LogP contribution < -0.4 is 0 Å². The van der Waals surface area contributed by atoms with Gasteiger partial charge in [0.25, 0.3) is 0 Å². The highest BCUT2D eigenvalue weighted by molar-refractivity contribution is 5.98. The Kier molecular flexibility index (Phi) is 7.66. The van der Waals surface area contributed by atoms with E-state index in [0.29, 0.717) is 18.4 Å². The molecule has 2 unspecified atom stereocenters. The molecule has 4 nitrogen and oxygen atoms in total. The molecule has 2 N–H and O–H groups in total. The van der Waals surface area contributed by atoms with Crippen molar-refractivity contribution in [2.24, 2.45) is 0 Å². The van der Waals surface area contributed by atoms with E-state index in [2.05, 4.69) is 0 Å². The molecule has 17 heavy (non-hydrogen) atoms. The molecule has 0 aromatic carbocycles. The molecule has 0 aliphatic heterocycles. The molecule has 0 rings (SSSR count). The maximum Gasteiger partial charge on any atom is 0.161 e. The van der Waals surface area contributed by atoms with Gasteiger partial charge in [0.05, 0.1) is 6.10 Å². The van der Waals surface area contributed by atoms with Gasteiger partial charge in [0.2, 0.25) is 0 Å². The van der Waals surface area contributed by atoms with Gasteiger partial charge in [0.15, 0.2) is 11.6 Å². The van der Waals surface area contributed by atoms with Crippen LogP contribution in [0.3, 0.4) is 0 Å². The molecule has 0 aromatic heterocycles. The number of carbonyl (C=O) groups is 2. The van der Waals surface area contributed by atoms with Crippen LogP contribution in [-0.2, 0) is 9.59 Å². The van der Waals surface area contributed by atoms with Gasteiger partial charge in [-0.1, -0.05) is 20.8 Å². The van der Waals surface area contributed by atoms with Crippen molar-refractivity contribution in [3.63, 3.8) is 0 Å². The van der Waals surface area contributed by atoms with Gasteiger partial charge in [0, 0.05) is 12.8 Å². The summed E-state index contributed by atoms with van der Waals surface area (Å²) >= 11 is 0. The van der Waals surface area contributed by atoms with Crippen LogP contribution in [0.2, 0.25) is 0 Å². The van der Waals surface area contributed by atoms with Crippen LogP contribution in [0.4, 0.5) is 0 Å². The number of allylic oxidation sites excluding steroid dienone is 1. The summed E-state index contributed by atoms with van der Waals surface area (Å²) in [4.78, 5) is 22.9. The predicted octanol–water partition coefficient (Wildman–Crippen LogP) is 1.39. The Labute approximate surface area is 102 Å². The topological polar surface area (TPSA) is 74.6 Å². The van der Waals surface area contributed by atoms with Gasteiger partial charge in [-0.25, -0.2) is 0 Å². The number of hydrogen-bond donors (Lipinski definition) is 2. The molecule has 0 saturated heterocycles. The summed E-state index contributed by atoms with van der Waals surface area (Å²) in [5.41, 5.74) is 0.474. The van der Waals surface area contributed by atoms with E-state index in [0.717, 1.165) is 0 Å². The third kappa shape index (κ3) is 5.75. The summed E-state index contributed by atoms with van der Waals surface area (Å²) in [6, 6.07) is 0. The second-order valence-electron chi connectivity index (χ2n) is 3.98. The van der Waals surface area contributed by atoms with Crippen LogP contribution in [-0.4, -0.2) is 34.0 Å². The summed E-state index contributed by atoms with van der Waals surface area (Å²) in [6.45, 7) is 5.27. The van der Waals surface area contributed by atoms with E-state index < -0.39 is 12.2 Å². The highest BCUT2D eigenvalue weighted by atomic mass is 16.3. The lowest BCUT2D eigenvalue weighted by atomic mass is 9.98. The van der Waals surface area contributed by atoms with Crippen LogP contribution in [0.1, 0.15) is 46.5 Å². The molecule has 0 saturated carbocycles. The van der Waals surface area contributed by atoms with Crippen molar-refractivity contribution in [3.8, 4) is 0 Å². The first kappa shape index (κ1) is 16.0. The number of hydrogen-bond acceptors (Lipinski definition) is 4. The predicted molar refractivity (Wildman–Crippen MR) is 65.6 cm³/mol. The molecule has 0 aromatic rings. The molecule has 0 bridgehead atoms. The molecule has 0 fully saturated rings.